The van der Waals surface area contributed by atoms with Crippen molar-refractivity contribution in [1.82, 2.24) is 20.3 Å². The second kappa shape index (κ2) is 10.8. The summed E-state index contributed by atoms with van der Waals surface area (Å²) in [6, 6.07) is 16.0. The molecule has 0 saturated carbocycles. The highest BCUT2D eigenvalue weighted by atomic mass is 32.2. The Kier molecular flexibility index (Phi) is 8.08. The number of anilines is 1. The van der Waals surface area contributed by atoms with E-state index in [-0.39, 0.29) is 30.2 Å². The number of amides is 1. The minimum Gasteiger partial charge on any atom is -0.369 e. The van der Waals surface area contributed by atoms with E-state index in [1.54, 1.807) is 43.6 Å². The minimum atomic E-state index is -3.25. The van der Waals surface area contributed by atoms with Crippen LogP contribution in [-0.2, 0) is 9.84 Å². The summed E-state index contributed by atoms with van der Waals surface area (Å²) in [7, 11) is -1.64. The smallest absolute Gasteiger partial charge is 0.251 e. The Balaban J connectivity index is 0.00000342. The third-order valence-corrected chi connectivity index (χ3v) is 6.77. The number of nitrogens with one attached hydrogen (secondary N) is 2. The molecule has 4 aromatic rings. The van der Waals surface area contributed by atoms with E-state index in [9.17, 15) is 13.2 Å². The van der Waals surface area contributed by atoms with Crippen molar-refractivity contribution in [1.29, 1.82) is 0 Å². The maximum absolute atomic E-state index is 12.2. The van der Waals surface area contributed by atoms with Gasteiger partial charge in [0.05, 0.1) is 21.7 Å². The molecule has 4 rings (SSSR count). The van der Waals surface area contributed by atoms with E-state index in [0.717, 1.165) is 22.0 Å². The lowest BCUT2D eigenvalue weighted by molar-refractivity contribution is 0.0964. The molecule has 0 aliphatic rings. The molecule has 8 nitrogen and oxygen atoms in total. The number of aromatic nitrogens is 3. The second-order valence-corrected chi connectivity index (χ2v) is 10.1. The van der Waals surface area contributed by atoms with Crippen molar-refractivity contribution >= 4 is 46.0 Å². The summed E-state index contributed by atoms with van der Waals surface area (Å²) < 4.78 is 23.4. The molecular formula is C25H27N5O3S2. The maximum atomic E-state index is 12.2. The van der Waals surface area contributed by atoms with Gasteiger partial charge in [0.2, 0.25) is 0 Å². The van der Waals surface area contributed by atoms with Gasteiger partial charge in [0.25, 0.3) is 5.91 Å². The Morgan fingerprint density at radius 1 is 1.03 bits per heavy atom. The van der Waals surface area contributed by atoms with Gasteiger partial charge in [0.1, 0.15) is 12.1 Å². The normalized spacial score (nSPS) is 12.0. The molecule has 1 amide bonds. The van der Waals surface area contributed by atoms with Crippen LogP contribution < -0.4 is 10.6 Å². The van der Waals surface area contributed by atoms with Gasteiger partial charge in [-0.2, -0.15) is 13.5 Å². The molecule has 0 spiro atoms. The van der Waals surface area contributed by atoms with E-state index in [0.29, 0.717) is 23.6 Å². The summed E-state index contributed by atoms with van der Waals surface area (Å²) in [5.41, 5.74) is 3.91. The van der Waals surface area contributed by atoms with E-state index < -0.39 is 9.84 Å². The summed E-state index contributed by atoms with van der Waals surface area (Å²) in [6.07, 6.45) is 4.31. The lowest BCUT2D eigenvalue weighted by atomic mass is 9.96. The van der Waals surface area contributed by atoms with Crippen LogP contribution in [-0.4, -0.2) is 49.1 Å². The number of pyridine rings is 1. The first-order valence-corrected chi connectivity index (χ1v) is 12.6. The van der Waals surface area contributed by atoms with Gasteiger partial charge in [0.15, 0.2) is 9.84 Å². The first-order chi connectivity index (χ1) is 16.3. The van der Waals surface area contributed by atoms with E-state index in [1.165, 1.54) is 12.6 Å². The molecule has 35 heavy (non-hydrogen) atoms. The number of fused-ring (bicyclic) bond motifs is 1. The van der Waals surface area contributed by atoms with Crippen LogP contribution in [0.2, 0.25) is 0 Å². The van der Waals surface area contributed by atoms with Crippen LogP contribution in [0.15, 0.2) is 72.0 Å². The number of hydrogen-bond acceptors (Lipinski definition) is 7. The van der Waals surface area contributed by atoms with Crippen LogP contribution in [0.5, 0.6) is 0 Å². The number of hydrogen-bond donors (Lipinski definition) is 2. The Bertz CT molecular complexity index is 1460. The van der Waals surface area contributed by atoms with Gasteiger partial charge in [-0.1, -0.05) is 37.3 Å². The summed E-state index contributed by atoms with van der Waals surface area (Å²) in [5, 5.41) is 6.84. The van der Waals surface area contributed by atoms with Crippen molar-refractivity contribution in [2.75, 3.05) is 25.2 Å². The molecule has 0 saturated heterocycles. The molecule has 0 bridgehead atoms. The highest BCUT2D eigenvalue weighted by molar-refractivity contribution is 7.90. The first-order valence-electron chi connectivity index (χ1n) is 10.7. The van der Waals surface area contributed by atoms with E-state index in [4.69, 9.17) is 0 Å². The standard InChI is InChI=1S/C25H25N5O3S.H2S/c1-16(19-5-4-6-20-21(25(31)26-2)11-12-27-24(19)20)14-28-23-13-22(29-15-30-23)17-7-9-18(10-8-17)34(3,32)33;/h4-13,15-16H,14H2,1-3H3,(H,26,31)(H,28,29,30);1H2/t16-;/m1./s1. The molecule has 2 N–H and O–H groups in total. The van der Waals surface area contributed by atoms with Crippen LogP contribution in [0.3, 0.4) is 0 Å². The molecule has 0 aliphatic carbocycles. The van der Waals surface area contributed by atoms with E-state index >= 15 is 0 Å². The summed E-state index contributed by atoms with van der Waals surface area (Å²) in [6.45, 7) is 2.68. The molecule has 0 fully saturated rings. The molecule has 1 atom stereocenters. The largest absolute Gasteiger partial charge is 0.369 e. The molecule has 10 heteroatoms. The summed E-state index contributed by atoms with van der Waals surface area (Å²) >= 11 is 0. The molecule has 2 heterocycles. The van der Waals surface area contributed by atoms with Crippen molar-refractivity contribution in [3.8, 4) is 11.3 Å². The number of carbonyl (C=O) groups excluding carboxylic acids is 1. The fourth-order valence-electron chi connectivity index (χ4n) is 3.78. The monoisotopic (exact) mass is 509 g/mol. The lowest BCUT2D eigenvalue weighted by Gasteiger charge is -2.16. The SMILES string of the molecule is CNC(=O)c1ccnc2c([C@H](C)CNc3cc(-c4ccc(S(C)(=O)=O)cc4)ncn3)cccc12.S. The highest BCUT2D eigenvalue weighted by Crippen LogP contribution is 2.27. The zero-order chi connectivity index (χ0) is 24.3. The number of carbonyl (C=O) groups is 1. The average molecular weight is 510 g/mol. The van der Waals surface area contributed by atoms with Gasteiger partial charge >= 0.3 is 0 Å². The van der Waals surface area contributed by atoms with Crippen LogP contribution in [0.4, 0.5) is 5.82 Å². The number of rotatable bonds is 7. The van der Waals surface area contributed by atoms with Crippen molar-refractivity contribution in [3.63, 3.8) is 0 Å². The summed E-state index contributed by atoms with van der Waals surface area (Å²) in [5.74, 6) is 0.597. The minimum absolute atomic E-state index is 0. The number of benzene rings is 2. The Morgan fingerprint density at radius 3 is 2.46 bits per heavy atom. The van der Waals surface area contributed by atoms with Gasteiger partial charge in [-0.05, 0) is 23.8 Å². The van der Waals surface area contributed by atoms with Gasteiger partial charge in [-0.3, -0.25) is 9.78 Å². The van der Waals surface area contributed by atoms with Crippen LogP contribution in [0.25, 0.3) is 22.2 Å². The van der Waals surface area contributed by atoms with Gasteiger partial charge < -0.3 is 10.6 Å². The quantitative estimate of drug-likeness (QED) is 0.390. The Labute approximate surface area is 211 Å². The predicted octanol–water partition coefficient (Wildman–Crippen LogP) is 3.78. The second-order valence-electron chi connectivity index (χ2n) is 8.05. The molecule has 0 unspecified atom stereocenters. The van der Waals surface area contributed by atoms with E-state index in [2.05, 4.69) is 32.5 Å². The third kappa shape index (κ3) is 5.77. The van der Waals surface area contributed by atoms with Crippen LogP contribution in [0, 0.1) is 0 Å². The van der Waals surface area contributed by atoms with Crippen molar-refractivity contribution < 1.29 is 13.2 Å². The first kappa shape index (κ1) is 26.1. The topological polar surface area (TPSA) is 114 Å². The summed E-state index contributed by atoms with van der Waals surface area (Å²) in [4.78, 5) is 25.7. The molecule has 2 aromatic heterocycles. The van der Waals surface area contributed by atoms with Crippen molar-refractivity contribution in [2.24, 2.45) is 0 Å². The van der Waals surface area contributed by atoms with Crippen molar-refractivity contribution in [3.05, 3.63) is 78.2 Å². The number of nitrogens with zero attached hydrogens (tertiary/aromatic N) is 3. The van der Waals surface area contributed by atoms with Crippen molar-refractivity contribution in [2.45, 2.75) is 17.7 Å². The van der Waals surface area contributed by atoms with Gasteiger partial charge in [-0.15, -0.1) is 0 Å². The predicted molar refractivity (Wildman–Crippen MR) is 143 cm³/mol. The van der Waals surface area contributed by atoms with Gasteiger partial charge in [-0.25, -0.2) is 18.4 Å². The Hall–Kier alpha value is -3.50. The Morgan fingerprint density at radius 2 is 1.77 bits per heavy atom. The fraction of sp³-hybridized carbons (Fsp3) is 0.200. The molecule has 0 aliphatic heterocycles. The molecule has 0 radical (unpaired) electrons. The number of sulfone groups is 1. The maximum Gasteiger partial charge on any atom is 0.251 e. The zero-order valence-corrected chi connectivity index (χ0v) is 21.4. The zero-order valence-electron chi connectivity index (χ0n) is 19.6. The molecular weight excluding hydrogens is 482 g/mol. The number of para-hydroxylation sites is 1. The molecule has 2 aromatic carbocycles. The third-order valence-electron chi connectivity index (χ3n) is 5.64. The van der Waals surface area contributed by atoms with Crippen LogP contribution >= 0.6 is 13.5 Å². The van der Waals surface area contributed by atoms with E-state index in [1.807, 2.05) is 24.3 Å². The highest BCUT2D eigenvalue weighted by Gasteiger charge is 2.15. The average Bonchev–Trinajstić information content (AvgIpc) is 2.85. The fourth-order valence-corrected chi connectivity index (χ4v) is 4.41. The van der Waals surface area contributed by atoms with Gasteiger partial charge in [0, 0.05) is 49.0 Å². The lowest BCUT2D eigenvalue weighted by Crippen LogP contribution is -2.18. The molecule has 182 valence electrons. The van der Waals surface area contributed by atoms with Crippen LogP contribution in [0.1, 0.15) is 28.8 Å².